The summed E-state index contributed by atoms with van der Waals surface area (Å²) >= 11 is 0. The highest BCUT2D eigenvalue weighted by Crippen LogP contribution is 2.06. The highest BCUT2D eigenvalue weighted by Gasteiger charge is 2.15. The number of hydrogen-bond acceptors (Lipinski definition) is 4. The van der Waals surface area contributed by atoms with Crippen LogP contribution in [0.3, 0.4) is 0 Å². The Morgan fingerprint density at radius 1 is 1.03 bits per heavy atom. The Morgan fingerprint density at radius 2 is 1.72 bits per heavy atom. The zero-order valence-electron chi connectivity index (χ0n) is 17.9. The summed E-state index contributed by atoms with van der Waals surface area (Å²) in [5.74, 6) is 0.534. The molecule has 0 saturated carbocycles. The minimum Gasteiger partial charge on any atom is -0.444 e. The molecular weight excluding hydrogens is 485 g/mol. The van der Waals surface area contributed by atoms with Gasteiger partial charge in [0.25, 0.3) is 5.91 Å². The number of rotatable bonds is 8. The van der Waals surface area contributed by atoms with Crippen molar-refractivity contribution in [3.63, 3.8) is 0 Å². The van der Waals surface area contributed by atoms with Crippen LogP contribution in [0, 0.1) is 0 Å². The molecular formula is C20H34IN5O3. The third-order valence-electron chi connectivity index (χ3n) is 3.49. The summed E-state index contributed by atoms with van der Waals surface area (Å²) in [6.07, 6.45) is 0.452. The van der Waals surface area contributed by atoms with Crippen LogP contribution >= 0.6 is 24.0 Å². The van der Waals surface area contributed by atoms with Gasteiger partial charge in [-0.05, 0) is 44.9 Å². The van der Waals surface area contributed by atoms with Crippen molar-refractivity contribution < 1.29 is 14.3 Å². The lowest BCUT2D eigenvalue weighted by molar-refractivity contribution is 0.0528. The molecule has 0 aliphatic heterocycles. The number of guanidine groups is 1. The van der Waals surface area contributed by atoms with Gasteiger partial charge in [-0.25, -0.2) is 4.79 Å². The van der Waals surface area contributed by atoms with Crippen molar-refractivity contribution in [3.05, 3.63) is 35.4 Å². The zero-order valence-corrected chi connectivity index (χ0v) is 20.3. The molecule has 1 aromatic rings. The lowest BCUT2D eigenvalue weighted by Gasteiger charge is -2.20. The van der Waals surface area contributed by atoms with Crippen LogP contribution in [-0.4, -0.2) is 50.2 Å². The fourth-order valence-corrected chi connectivity index (χ4v) is 2.23. The van der Waals surface area contributed by atoms with Gasteiger partial charge in [-0.15, -0.1) is 24.0 Å². The molecule has 1 rings (SSSR count). The highest BCUT2D eigenvalue weighted by atomic mass is 127. The number of nitrogens with zero attached hydrogens (tertiary/aromatic N) is 1. The van der Waals surface area contributed by atoms with E-state index in [1.54, 1.807) is 13.1 Å². The molecule has 0 unspecified atom stereocenters. The predicted molar refractivity (Wildman–Crippen MR) is 127 cm³/mol. The van der Waals surface area contributed by atoms with Gasteiger partial charge in [0.1, 0.15) is 5.60 Å². The van der Waals surface area contributed by atoms with Crippen LogP contribution in [0.2, 0.25) is 0 Å². The number of carbonyl (C=O) groups is 2. The molecule has 1 aromatic carbocycles. The number of aliphatic imine (C=N–C) groups is 1. The van der Waals surface area contributed by atoms with Crippen molar-refractivity contribution >= 4 is 41.9 Å². The molecule has 29 heavy (non-hydrogen) atoms. The predicted octanol–water partition coefficient (Wildman–Crippen LogP) is 2.63. The summed E-state index contributed by atoms with van der Waals surface area (Å²) in [5.41, 5.74) is 1.09. The van der Waals surface area contributed by atoms with Gasteiger partial charge in [-0.3, -0.25) is 9.79 Å². The van der Waals surface area contributed by atoms with Crippen molar-refractivity contribution in [1.29, 1.82) is 0 Å². The first-order chi connectivity index (χ1) is 13.2. The average Bonchev–Trinajstić information content (AvgIpc) is 2.64. The number of benzene rings is 1. The first-order valence-electron chi connectivity index (χ1n) is 9.53. The molecule has 0 radical (unpaired) electrons. The number of ether oxygens (including phenoxy) is 1. The summed E-state index contributed by atoms with van der Waals surface area (Å²) in [6, 6.07) is 7.46. The maximum absolute atomic E-state index is 12.1. The van der Waals surface area contributed by atoms with Crippen LogP contribution in [-0.2, 0) is 11.3 Å². The van der Waals surface area contributed by atoms with E-state index >= 15 is 0 Å². The molecule has 0 spiro atoms. The molecule has 0 heterocycles. The second-order valence-corrected chi connectivity index (χ2v) is 7.24. The van der Waals surface area contributed by atoms with Crippen molar-refractivity contribution in [2.75, 3.05) is 26.7 Å². The maximum Gasteiger partial charge on any atom is 0.407 e. The van der Waals surface area contributed by atoms with E-state index in [4.69, 9.17) is 4.74 Å². The Hall–Kier alpha value is -2.04. The fourth-order valence-electron chi connectivity index (χ4n) is 2.23. The van der Waals surface area contributed by atoms with E-state index in [-0.39, 0.29) is 29.9 Å². The van der Waals surface area contributed by atoms with Gasteiger partial charge in [0.05, 0.1) is 0 Å². The molecule has 164 valence electrons. The third-order valence-corrected chi connectivity index (χ3v) is 3.49. The van der Waals surface area contributed by atoms with E-state index in [2.05, 4.69) is 26.3 Å². The van der Waals surface area contributed by atoms with Crippen molar-refractivity contribution in [2.45, 2.75) is 46.3 Å². The Balaban J connectivity index is 0.00000784. The first kappa shape index (κ1) is 27.0. The van der Waals surface area contributed by atoms with Gasteiger partial charge in [-0.1, -0.05) is 19.1 Å². The smallest absolute Gasteiger partial charge is 0.407 e. The molecule has 4 N–H and O–H groups in total. The first-order valence-corrected chi connectivity index (χ1v) is 9.53. The van der Waals surface area contributed by atoms with Gasteiger partial charge in [0.2, 0.25) is 0 Å². The van der Waals surface area contributed by atoms with Crippen LogP contribution in [0.15, 0.2) is 29.3 Å². The lowest BCUT2D eigenvalue weighted by atomic mass is 10.1. The van der Waals surface area contributed by atoms with Gasteiger partial charge in [0, 0.05) is 38.8 Å². The molecule has 0 aliphatic carbocycles. The van der Waals surface area contributed by atoms with Crippen LogP contribution < -0.4 is 21.3 Å². The lowest BCUT2D eigenvalue weighted by Crippen LogP contribution is -2.42. The van der Waals surface area contributed by atoms with E-state index in [1.807, 2.05) is 45.9 Å². The number of alkyl carbamates (subject to hydrolysis) is 1. The summed E-state index contributed by atoms with van der Waals surface area (Å²) in [7, 11) is 1.67. The van der Waals surface area contributed by atoms with E-state index < -0.39 is 11.7 Å². The zero-order chi connectivity index (χ0) is 21.0. The van der Waals surface area contributed by atoms with Crippen LogP contribution in [0.25, 0.3) is 0 Å². The Morgan fingerprint density at radius 3 is 2.34 bits per heavy atom. The molecule has 0 aliphatic rings. The Bertz CT molecular complexity index is 674. The summed E-state index contributed by atoms with van der Waals surface area (Å²) in [5, 5.41) is 11.8. The van der Waals surface area contributed by atoms with Gasteiger partial charge in [0.15, 0.2) is 5.96 Å². The summed E-state index contributed by atoms with van der Waals surface area (Å²) in [4.78, 5) is 27.8. The largest absolute Gasteiger partial charge is 0.444 e. The minimum absolute atomic E-state index is 0. The van der Waals surface area contributed by atoms with Crippen molar-refractivity contribution in [2.24, 2.45) is 4.99 Å². The monoisotopic (exact) mass is 519 g/mol. The quantitative estimate of drug-likeness (QED) is 0.183. The van der Waals surface area contributed by atoms with Gasteiger partial charge < -0.3 is 26.0 Å². The van der Waals surface area contributed by atoms with Crippen LogP contribution in [0.4, 0.5) is 4.79 Å². The molecule has 0 aromatic heterocycles. The highest BCUT2D eigenvalue weighted by molar-refractivity contribution is 14.0. The third kappa shape index (κ3) is 12.2. The van der Waals surface area contributed by atoms with Crippen LogP contribution in [0.5, 0.6) is 0 Å². The summed E-state index contributed by atoms with van der Waals surface area (Å²) in [6.45, 7) is 9.56. The van der Waals surface area contributed by atoms with E-state index in [1.165, 1.54) is 0 Å². The van der Waals surface area contributed by atoms with Gasteiger partial charge >= 0.3 is 6.09 Å². The Labute approximate surface area is 190 Å². The molecule has 0 saturated heterocycles. The molecule has 9 heteroatoms. The van der Waals surface area contributed by atoms with E-state index in [0.29, 0.717) is 37.7 Å². The molecule has 2 amide bonds. The van der Waals surface area contributed by atoms with Crippen LogP contribution in [0.1, 0.15) is 50.0 Å². The maximum atomic E-state index is 12.1. The number of halogens is 1. The van der Waals surface area contributed by atoms with E-state index in [0.717, 1.165) is 12.0 Å². The summed E-state index contributed by atoms with van der Waals surface area (Å²) < 4.78 is 5.18. The topological polar surface area (TPSA) is 104 Å². The number of hydrogen-bond donors (Lipinski definition) is 4. The number of amides is 2. The fraction of sp³-hybridized carbons (Fsp3) is 0.550. The second kappa shape index (κ2) is 14.0. The molecule has 0 bridgehead atoms. The SMILES string of the molecule is CCCNC(=O)c1cccc(CNC(=NC)NCCNC(=O)OC(C)(C)C)c1.I. The normalized spacial score (nSPS) is 11.1. The number of nitrogens with one attached hydrogen (secondary N) is 4. The molecule has 0 atom stereocenters. The minimum atomic E-state index is -0.517. The van der Waals surface area contributed by atoms with Crippen molar-refractivity contribution in [1.82, 2.24) is 21.3 Å². The Kier molecular flexibility index (Phi) is 13.0. The average molecular weight is 519 g/mol. The van der Waals surface area contributed by atoms with Crippen molar-refractivity contribution in [3.8, 4) is 0 Å². The second-order valence-electron chi connectivity index (χ2n) is 7.24. The molecule has 0 fully saturated rings. The number of carbonyl (C=O) groups excluding carboxylic acids is 2. The van der Waals surface area contributed by atoms with Gasteiger partial charge in [-0.2, -0.15) is 0 Å². The standard InChI is InChI=1S/C20H33N5O3.HI/c1-6-10-22-17(26)16-9-7-8-15(13-16)14-25-18(21-5)23-11-12-24-19(27)28-20(2,3)4;/h7-9,13H,6,10-12,14H2,1-5H3,(H,22,26)(H,24,27)(H2,21,23,25);1H. The van der Waals surface area contributed by atoms with E-state index in [9.17, 15) is 9.59 Å². The molecule has 8 nitrogen and oxygen atoms in total.